The lowest BCUT2D eigenvalue weighted by Crippen LogP contribution is -2.37. The lowest BCUT2D eigenvalue weighted by molar-refractivity contribution is 0.0955. The van der Waals surface area contributed by atoms with Crippen LogP contribution in [0.5, 0.6) is 0 Å². The molecule has 0 bridgehead atoms. The zero-order valence-corrected chi connectivity index (χ0v) is 36.4. The van der Waals surface area contributed by atoms with Gasteiger partial charge in [0, 0.05) is 81.7 Å². The number of hydrogen-bond acceptors (Lipinski definition) is 11. The van der Waals surface area contributed by atoms with Gasteiger partial charge in [-0.15, -0.1) is 0 Å². The highest BCUT2D eigenvalue weighted by molar-refractivity contribution is 5.99. The second-order valence-corrected chi connectivity index (χ2v) is 14.9. The standard InChI is InChI=1S/C25H31N7O2.C20H27FN6O2/c1-25(2,13-14-28-24(34)30-16-17-9-12-21(26)29-15-17)20-11-10-19(23(33)27-3)22(32-20)31-18-7-5-4-6-8-18;1-3-24-18-17(19(28)22-2)8-7-16(27-18)6-4-5-9-25-20(29)26-12-14-10-15(21)13-23-11-14/h4-12,15H,13-14,16H2,1-3H3,(H2,26,29)(H,27,33)(H,31,32)(H2,28,30,34);7-8,10-11,13H,3-6,9,12H2,1-2H3,(H,22,28)(H,24,27)(H2,25,26,29). The Labute approximate surface area is 367 Å². The SMILES string of the molecule is CCNc1nc(CCCCNC(=O)NCc2cncc(F)c2)ccc1C(=O)NC.CNC(=O)c1ccc(C(C)(C)CCNC(=O)NCc2ccc(N)nc2)nc1Nc1ccccc1. The van der Waals surface area contributed by atoms with Crippen molar-refractivity contribution in [1.29, 1.82) is 0 Å². The number of aromatic nitrogens is 4. The summed E-state index contributed by atoms with van der Waals surface area (Å²) in [7, 11) is 3.18. The van der Waals surface area contributed by atoms with E-state index in [1.165, 1.54) is 12.3 Å². The molecule has 4 heterocycles. The molecule has 0 fully saturated rings. The van der Waals surface area contributed by atoms with Crippen molar-refractivity contribution in [1.82, 2.24) is 51.8 Å². The molecule has 6 amide bonds. The fraction of sp³-hybridized carbons (Fsp3) is 0.333. The summed E-state index contributed by atoms with van der Waals surface area (Å²) in [6, 6.07) is 21.1. The number of nitrogen functional groups attached to an aromatic ring is 1. The Balaban J connectivity index is 0.000000280. The minimum Gasteiger partial charge on any atom is -0.384 e. The van der Waals surface area contributed by atoms with Crippen molar-refractivity contribution in [2.24, 2.45) is 0 Å². The van der Waals surface area contributed by atoms with E-state index in [0.717, 1.165) is 48.1 Å². The summed E-state index contributed by atoms with van der Waals surface area (Å²) in [6.07, 6.45) is 7.27. The van der Waals surface area contributed by atoms with Gasteiger partial charge < -0.3 is 48.3 Å². The molecule has 0 radical (unpaired) electrons. The number of nitrogens with zero attached hydrogens (tertiary/aromatic N) is 4. The largest absolute Gasteiger partial charge is 0.384 e. The summed E-state index contributed by atoms with van der Waals surface area (Å²) >= 11 is 0. The maximum absolute atomic E-state index is 13.0. The number of urea groups is 2. The first-order valence-corrected chi connectivity index (χ1v) is 20.7. The summed E-state index contributed by atoms with van der Waals surface area (Å²) < 4.78 is 13.0. The summed E-state index contributed by atoms with van der Waals surface area (Å²) in [5.41, 5.74) is 10.2. The van der Waals surface area contributed by atoms with Gasteiger partial charge in [0.1, 0.15) is 23.3 Å². The van der Waals surface area contributed by atoms with E-state index >= 15 is 0 Å². The van der Waals surface area contributed by atoms with Gasteiger partial charge in [-0.1, -0.05) is 38.1 Å². The van der Waals surface area contributed by atoms with Crippen LogP contribution in [0.4, 0.5) is 37.1 Å². The molecule has 0 saturated heterocycles. The van der Waals surface area contributed by atoms with Crippen molar-refractivity contribution >= 4 is 47.0 Å². The number of rotatable bonds is 19. The van der Waals surface area contributed by atoms with Crippen molar-refractivity contribution in [3.05, 3.63) is 131 Å². The molecule has 1 aromatic carbocycles. The first kappa shape index (κ1) is 48.3. The third kappa shape index (κ3) is 16.2. The van der Waals surface area contributed by atoms with Gasteiger partial charge in [0.15, 0.2) is 0 Å². The molecule has 0 aliphatic heterocycles. The number of unbranched alkanes of at least 4 members (excludes halogenated alkanes) is 1. The zero-order valence-electron chi connectivity index (χ0n) is 36.4. The minimum absolute atomic E-state index is 0.177. The second kappa shape index (κ2) is 24.8. The number of benzene rings is 1. The zero-order chi connectivity index (χ0) is 45.6. The molecule has 0 atom stereocenters. The quantitative estimate of drug-likeness (QED) is 0.0466. The number of carbonyl (C=O) groups is 4. The maximum atomic E-state index is 13.0. The van der Waals surface area contributed by atoms with Crippen LogP contribution >= 0.6 is 0 Å². The van der Waals surface area contributed by atoms with Crippen molar-refractivity contribution in [2.45, 2.75) is 65.0 Å². The smallest absolute Gasteiger partial charge is 0.315 e. The van der Waals surface area contributed by atoms with Crippen LogP contribution in [0.15, 0.2) is 91.4 Å². The molecule has 0 aliphatic carbocycles. The Hall–Kier alpha value is -7.37. The normalized spacial score (nSPS) is 10.6. The van der Waals surface area contributed by atoms with E-state index in [4.69, 9.17) is 10.7 Å². The van der Waals surface area contributed by atoms with Crippen molar-refractivity contribution in [3.8, 4) is 0 Å². The Morgan fingerprint density at radius 1 is 0.714 bits per heavy atom. The number of para-hydroxylation sites is 1. The van der Waals surface area contributed by atoms with Crippen LogP contribution in [-0.4, -0.2) is 77.5 Å². The minimum atomic E-state index is -0.432. The van der Waals surface area contributed by atoms with Crippen LogP contribution in [0.3, 0.4) is 0 Å². The first-order chi connectivity index (χ1) is 30.3. The van der Waals surface area contributed by atoms with Gasteiger partial charge in [-0.2, -0.15) is 0 Å². The van der Waals surface area contributed by atoms with Gasteiger partial charge in [0.25, 0.3) is 11.8 Å². The average molecular weight is 864 g/mol. The monoisotopic (exact) mass is 863 g/mol. The van der Waals surface area contributed by atoms with Gasteiger partial charge >= 0.3 is 12.1 Å². The molecule has 0 unspecified atom stereocenters. The molecule has 5 aromatic rings. The summed E-state index contributed by atoms with van der Waals surface area (Å²) in [5, 5.41) is 22.7. The van der Waals surface area contributed by atoms with Crippen LogP contribution in [-0.2, 0) is 24.9 Å². The maximum Gasteiger partial charge on any atom is 0.315 e. The topological polar surface area (TPSA) is 242 Å². The molecule has 63 heavy (non-hydrogen) atoms. The number of aryl methyl sites for hydroxylation is 1. The lowest BCUT2D eigenvalue weighted by Gasteiger charge is -2.25. The molecule has 4 aromatic heterocycles. The van der Waals surface area contributed by atoms with Gasteiger partial charge in [0.05, 0.1) is 17.3 Å². The predicted octanol–water partition coefficient (Wildman–Crippen LogP) is 5.56. The summed E-state index contributed by atoms with van der Waals surface area (Å²) in [6.45, 7) is 8.28. The number of hydrogen-bond donors (Lipinski definition) is 9. The molecule has 334 valence electrons. The van der Waals surface area contributed by atoms with Gasteiger partial charge in [-0.05, 0) is 92.3 Å². The van der Waals surface area contributed by atoms with E-state index in [2.05, 4.69) is 71.3 Å². The molecule has 5 rings (SSSR count). The third-order valence-electron chi connectivity index (χ3n) is 9.56. The highest BCUT2D eigenvalue weighted by Gasteiger charge is 2.25. The third-order valence-corrected chi connectivity index (χ3v) is 9.56. The predicted molar refractivity (Wildman–Crippen MR) is 243 cm³/mol. The Morgan fingerprint density at radius 2 is 1.38 bits per heavy atom. The number of pyridine rings is 4. The van der Waals surface area contributed by atoms with E-state index in [-0.39, 0.29) is 35.8 Å². The molecule has 0 spiro atoms. The van der Waals surface area contributed by atoms with Crippen molar-refractivity contribution < 1.29 is 23.6 Å². The Bertz CT molecular complexity index is 2260. The highest BCUT2D eigenvalue weighted by atomic mass is 19.1. The van der Waals surface area contributed by atoms with E-state index in [1.807, 2.05) is 55.5 Å². The highest BCUT2D eigenvalue weighted by Crippen LogP contribution is 2.29. The van der Waals surface area contributed by atoms with Crippen molar-refractivity contribution in [2.75, 3.05) is 50.1 Å². The van der Waals surface area contributed by atoms with E-state index in [1.54, 1.807) is 38.5 Å². The van der Waals surface area contributed by atoms with Crippen LogP contribution in [0.1, 0.15) is 83.3 Å². The first-order valence-electron chi connectivity index (χ1n) is 20.7. The number of carbonyl (C=O) groups excluding carboxylic acids is 4. The van der Waals surface area contributed by atoms with Crippen LogP contribution in [0.25, 0.3) is 0 Å². The van der Waals surface area contributed by atoms with E-state index in [9.17, 15) is 23.6 Å². The average Bonchev–Trinajstić information content (AvgIpc) is 3.28. The Morgan fingerprint density at radius 3 is 2.03 bits per heavy atom. The van der Waals surface area contributed by atoms with Gasteiger partial charge in [0.2, 0.25) is 0 Å². The molecule has 10 N–H and O–H groups in total. The molecule has 0 saturated carbocycles. The molecular formula is C45H58FN13O4. The number of amides is 6. The summed E-state index contributed by atoms with van der Waals surface area (Å²) in [4.78, 5) is 65.3. The van der Waals surface area contributed by atoms with E-state index in [0.29, 0.717) is 66.7 Å². The fourth-order valence-electron chi connectivity index (χ4n) is 6.00. The number of nitrogens with two attached hydrogens (primary N) is 1. The number of anilines is 4. The second-order valence-electron chi connectivity index (χ2n) is 14.9. The van der Waals surface area contributed by atoms with E-state index < -0.39 is 5.82 Å². The number of nitrogens with one attached hydrogen (secondary N) is 8. The van der Waals surface area contributed by atoms with Gasteiger partial charge in [-0.25, -0.2) is 28.9 Å². The number of halogens is 1. The molecular weight excluding hydrogens is 806 g/mol. The van der Waals surface area contributed by atoms with Crippen LogP contribution in [0, 0.1) is 5.82 Å². The summed E-state index contributed by atoms with van der Waals surface area (Å²) in [5.74, 6) is 0.676. The van der Waals surface area contributed by atoms with Crippen molar-refractivity contribution in [3.63, 3.8) is 0 Å². The Kier molecular flexibility index (Phi) is 19.0. The fourth-order valence-corrected chi connectivity index (χ4v) is 6.00. The molecule has 0 aliphatic rings. The van der Waals surface area contributed by atoms with Crippen LogP contribution in [0.2, 0.25) is 0 Å². The lowest BCUT2D eigenvalue weighted by atomic mass is 9.85. The van der Waals surface area contributed by atoms with Gasteiger partial charge in [-0.3, -0.25) is 14.6 Å². The molecule has 17 nitrogen and oxygen atoms in total. The molecule has 18 heteroatoms. The van der Waals surface area contributed by atoms with Crippen LogP contribution < -0.4 is 48.3 Å².